The number of rotatable bonds is 6. The maximum atomic E-state index is 12.3. The summed E-state index contributed by atoms with van der Waals surface area (Å²) in [6.07, 6.45) is -0.396. The van der Waals surface area contributed by atoms with Crippen molar-refractivity contribution in [1.82, 2.24) is 5.32 Å². The smallest absolute Gasteiger partial charge is 0.446 e. The third kappa shape index (κ3) is 5.29. The molecule has 26 heavy (non-hydrogen) atoms. The Hall–Kier alpha value is -2.41. The lowest BCUT2D eigenvalue weighted by Gasteiger charge is -2.14. The van der Waals surface area contributed by atoms with Crippen molar-refractivity contribution in [3.63, 3.8) is 0 Å². The third-order valence-corrected chi connectivity index (χ3v) is 3.84. The van der Waals surface area contributed by atoms with E-state index < -0.39 is 12.1 Å². The lowest BCUT2D eigenvalue weighted by atomic mass is 10.0. The molecule has 138 valence electrons. The summed E-state index contributed by atoms with van der Waals surface area (Å²) in [5, 5.41) is 3.92. The monoisotopic (exact) mass is 381 g/mol. The lowest BCUT2D eigenvalue weighted by Crippen LogP contribution is -2.37. The van der Waals surface area contributed by atoms with E-state index in [2.05, 4.69) is 0 Å². The standard InChI is InChI=1S/C19H18F3NO2S/c1-2-3-8-17(26)25-16-10-9-13-6-4-5-7-14(13)15(16)11-12-23-18(24)19(20,21)22/h3-10H,2,11-12H2,1H3,(H,23,24). The Bertz CT molecular complexity index is 831. The predicted octanol–water partition coefficient (Wildman–Crippen LogP) is 4.73. The van der Waals surface area contributed by atoms with E-state index in [9.17, 15) is 18.0 Å². The second kappa shape index (κ2) is 8.80. The van der Waals surface area contributed by atoms with Crippen LogP contribution in [0.15, 0.2) is 48.6 Å². The highest BCUT2D eigenvalue weighted by Gasteiger charge is 2.38. The van der Waals surface area contributed by atoms with Gasteiger partial charge in [0.1, 0.15) is 5.75 Å². The quantitative estimate of drug-likeness (QED) is 0.581. The molecule has 0 atom stereocenters. The van der Waals surface area contributed by atoms with Gasteiger partial charge < -0.3 is 10.1 Å². The fraction of sp³-hybridized carbons (Fsp3) is 0.263. The molecular formula is C19H18F3NO2S. The van der Waals surface area contributed by atoms with Crippen LogP contribution >= 0.6 is 12.2 Å². The second-order valence-electron chi connectivity index (χ2n) is 5.50. The topological polar surface area (TPSA) is 38.3 Å². The van der Waals surface area contributed by atoms with E-state index in [1.165, 1.54) is 0 Å². The minimum absolute atomic E-state index is 0.166. The van der Waals surface area contributed by atoms with E-state index in [1.54, 1.807) is 12.1 Å². The number of thiocarbonyl (C=S) groups is 1. The summed E-state index contributed by atoms with van der Waals surface area (Å²) in [4.78, 5) is 11.0. The SMILES string of the molecule is CCC=CC(=S)Oc1ccc2ccccc2c1CCNC(=O)C(F)(F)F. The average molecular weight is 381 g/mol. The van der Waals surface area contributed by atoms with Crippen LogP contribution in [0.5, 0.6) is 5.75 Å². The summed E-state index contributed by atoms with van der Waals surface area (Å²) in [5.74, 6) is -1.49. The molecule has 0 saturated heterocycles. The normalized spacial score (nSPS) is 11.7. The highest BCUT2D eigenvalue weighted by Crippen LogP contribution is 2.29. The molecule has 7 heteroatoms. The minimum Gasteiger partial charge on any atom is -0.446 e. The van der Waals surface area contributed by atoms with Gasteiger partial charge >= 0.3 is 12.1 Å². The first-order valence-electron chi connectivity index (χ1n) is 8.07. The Morgan fingerprint density at radius 3 is 2.65 bits per heavy atom. The highest BCUT2D eigenvalue weighted by atomic mass is 32.1. The number of amides is 1. The Kier molecular flexibility index (Phi) is 6.74. The van der Waals surface area contributed by atoms with E-state index in [0.717, 1.165) is 17.2 Å². The fourth-order valence-corrected chi connectivity index (χ4v) is 2.61. The lowest BCUT2D eigenvalue weighted by molar-refractivity contribution is -0.173. The van der Waals surface area contributed by atoms with Crippen molar-refractivity contribution >= 4 is 33.9 Å². The number of ether oxygens (including phenoxy) is 1. The number of allylic oxidation sites excluding steroid dienone is 1. The number of halogens is 3. The maximum Gasteiger partial charge on any atom is 0.471 e. The first-order valence-corrected chi connectivity index (χ1v) is 8.47. The molecule has 0 fully saturated rings. The van der Waals surface area contributed by atoms with Crippen molar-refractivity contribution in [2.75, 3.05) is 6.54 Å². The van der Waals surface area contributed by atoms with Crippen molar-refractivity contribution in [1.29, 1.82) is 0 Å². The van der Waals surface area contributed by atoms with Crippen molar-refractivity contribution in [2.24, 2.45) is 0 Å². The predicted molar refractivity (Wildman–Crippen MR) is 99.4 cm³/mol. The zero-order chi connectivity index (χ0) is 19.2. The Morgan fingerprint density at radius 1 is 1.23 bits per heavy atom. The molecule has 2 aromatic rings. The Labute approximate surface area is 154 Å². The van der Waals surface area contributed by atoms with Crippen LogP contribution in [0.3, 0.4) is 0 Å². The summed E-state index contributed by atoms with van der Waals surface area (Å²) < 4.78 is 42.7. The van der Waals surface area contributed by atoms with Crippen molar-refractivity contribution in [3.8, 4) is 5.75 Å². The van der Waals surface area contributed by atoms with E-state index in [0.29, 0.717) is 11.3 Å². The molecule has 0 aliphatic carbocycles. The van der Waals surface area contributed by atoms with Crippen molar-refractivity contribution in [3.05, 3.63) is 54.1 Å². The van der Waals surface area contributed by atoms with Crippen molar-refractivity contribution < 1.29 is 22.7 Å². The number of carbonyl (C=O) groups is 1. The molecule has 0 bridgehead atoms. The molecule has 0 aromatic heterocycles. The van der Waals surface area contributed by atoms with Crippen LogP contribution < -0.4 is 10.1 Å². The summed E-state index contributed by atoms with van der Waals surface area (Å²) >= 11 is 5.16. The molecule has 0 spiro atoms. The van der Waals surface area contributed by atoms with Gasteiger partial charge in [0.15, 0.2) is 5.05 Å². The van der Waals surface area contributed by atoms with Gasteiger partial charge in [-0.25, -0.2) is 0 Å². The number of hydrogen-bond donors (Lipinski definition) is 1. The summed E-state index contributed by atoms with van der Waals surface area (Å²) in [7, 11) is 0. The molecule has 2 rings (SSSR count). The molecule has 1 amide bonds. The molecule has 0 radical (unpaired) electrons. The number of fused-ring (bicyclic) bond motifs is 1. The molecule has 0 aliphatic heterocycles. The second-order valence-corrected chi connectivity index (χ2v) is 5.90. The van der Waals surface area contributed by atoms with Crippen LogP contribution in [0.1, 0.15) is 18.9 Å². The highest BCUT2D eigenvalue weighted by molar-refractivity contribution is 7.80. The van der Waals surface area contributed by atoms with E-state index in [1.807, 2.05) is 48.6 Å². The van der Waals surface area contributed by atoms with Crippen LogP contribution in [0, 0.1) is 0 Å². The van der Waals surface area contributed by atoms with Gasteiger partial charge in [-0.1, -0.05) is 43.3 Å². The summed E-state index contributed by atoms with van der Waals surface area (Å²) in [6, 6.07) is 11.0. The van der Waals surface area contributed by atoms with Crippen LogP contribution in [-0.4, -0.2) is 23.7 Å². The fourth-order valence-electron chi connectivity index (χ4n) is 2.43. The Balaban J connectivity index is 2.25. The van der Waals surface area contributed by atoms with Crippen LogP contribution in [0.4, 0.5) is 13.2 Å². The van der Waals surface area contributed by atoms with Gasteiger partial charge in [0.2, 0.25) is 0 Å². The van der Waals surface area contributed by atoms with E-state index >= 15 is 0 Å². The largest absolute Gasteiger partial charge is 0.471 e. The van der Waals surface area contributed by atoms with Crippen molar-refractivity contribution in [2.45, 2.75) is 25.9 Å². The zero-order valence-electron chi connectivity index (χ0n) is 14.1. The van der Waals surface area contributed by atoms with Gasteiger partial charge in [-0.15, -0.1) is 0 Å². The first-order chi connectivity index (χ1) is 12.3. The molecule has 0 saturated carbocycles. The number of alkyl halides is 3. The Morgan fingerprint density at radius 2 is 1.96 bits per heavy atom. The molecule has 1 N–H and O–H groups in total. The molecule has 2 aromatic carbocycles. The minimum atomic E-state index is -4.90. The van der Waals surface area contributed by atoms with Gasteiger partial charge in [0, 0.05) is 12.1 Å². The first kappa shape index (κ1) is 19.9. The average Bonchev–Trinajstić information content (AvgIpc) is 2.60. The van der Waals surface area contributed by atoms with Crippen LogP contribution in [-0.2, 0) is 11.2 Å². The number of nitrogens with one attached hydrogen (secondary N) is 1. The van der Waals surface area contributed by atoms with Gasteiger partial charge in [-0.05, 0) is 48.0 Å². The molecular weight excluding hydrogens is 363 g/mol. The van der Waals surface area contributed by atoms with E-state index in [-0.39, 0.29) is 18.0 Å². The number of carbonyl (C=O) groups excluding carboxylic acids is 1. The summed E-state index contributed by atoms with van der Waals surface area (Å²) in [6.45, 7) is 1.80. The van der Waals surface area contributed by atoms with E-state index in [4.69, 9.17) is 17.0 Å². The molecule has 0 heterocycles. The maximum absolute atomic E-state index is 12.3. The van der Waals surface area contributed by atoms with Gasteiger partial charge in [-0.3, -0.25) is 4.79 Å². The van der Waals surface area contributed by atoms with Crippen LogP contribution in [0.25, 0.3) is 10.8 Å². The zero-order valence-corrected chi connectivity index (χ0v) is 14.9. The molecule has 0 unspecified atom stereocenters. The number of hydrogen-bond acceptors (Lipinski definition) is 3. The van der Waals surface area contributed by atoms with Gasteiger partial charge in [0.05, 0.1) is 0 Å². The van der Waals surface area contributed by atoms with Gasteiger partial charge in [0.25, 0.3) is 0 Å². The number of benzene rings is 2. The third-order valence-electron chi connectivity index (χ3n) is 3.62. The van der Waals surface area contributed by atoms with Gasteiger partial charge in [-0.2, -0.15) is 13.2 Å². The molecule has 3 nitrogen and oxygen atoms in total. The summed E-state index contributed by atoms with van der Waals surface area (Å²) in [5.41, 5.74) is 0.692. The van der Waals surface area contributed by atoms with Crippen LogP contribution in [0.2, 0.25) is 0 Å². The molecule has 0 aliphatic rings.